The van der Waals surface area contributed by atoms with Gasteiger partial charge in [0.15, 0.2) is 0 Å². The molecule has 0 saturated heterocycles. The van der Waals surface area contributed by atoms with Crippen LogP contribution in [-0.4, -0.2) is 23.7 Å². The Kier molecular flexibility index (Phi) is 8.09. The molecule has 9 heteroatoms. The highest BCUT2D eigenvalue weighted by molar-refractivity contribution is 9.11. The smallest absolute Gasteiger partial charge is 0.326 e. The summed E-state index contributed by atoms with van der Waals surface area (Å²) in [4.78, 5) is 24.4. The summed E-state index contributed by atoms with van der Waals surface area (Å²) in [5.74, 6) is -0.804. The average Bonchev–Trinajstić information content (AvgIpc) is 2.61. The molecule has 0 amide bonds. The maximum Gasteiger partial charge on any atom is 0.326 e. The molecule has 0 radical (unpaired) electrons. The summed E-state index contributed by atoms with van der Waals surface area (Å²) in [6.07, 6.45) is 0. The molecule has 0 aliphatic carbocycles. The fourth-order valence-corrected chi connectivity index (χ4v) is 3.91. The molecule has 2 aromatic carbocycles. The Bertz CT molecular complexity index is 736. The lowest BCUT2D eigenvalue weighted by atomic mass is 10.3. The van der Waals surface area contributed by atoms with Gasteiger partial charge in [-0.15, -0.1) is 23.2 Å². The number of carbonyl (C=O) groups excluding carboxylic acids is 2. The third-order valence-electron chi connectivity index (χ3n) is 2.74. The lowest BCUT2D eigenvalue weighted by Gasteiger charge is -2.12. The number of ether oxygens (including phenoxy) is 2. The van der Waals surface area contributed by atoms with E-state index < -0.39 is 11.9 Å². The van der Waals surface area contributed by atoms with Gasteiger partial charge in [-0.25, -0.2) is 0 Å². The average molecular weight is 529 g/mol. The molecule has 0 N–H and O–H groups in total. The Morgan fingerprint density at radius 3 is 1.60 bits per heavy atom. The fraction of sp³-hybridized carbons (Fsp3) is 0.125. The lowest BCUT2D eigenvalue weighted by molar-refractivity contribution is -0.132. The lowest BCUT2D eigenvalue weighted by Crippen LogP contribution is -2.09. The topological polar surface area (TPSA) is 52.6 Å². The minimum atomic E-state index is -0.541. The predicted molar refractivity (Wildman–Crippen MR) is 105 cm³/mol. The first-order valence-electron chi connectivity index (χ1n) is 6.74. The van der Waals surface area contributed by atoms with E-state index in [4.69, 9.17) is 32.7 Å². The zero-order chi connectivity index (χ0) is 18.4. The highest BCUT2D eigenvalue weighted by Gasteiger charge is 2.15. The fourth-order valence-electron chi connectivity index (χ4n) is 1.71. The summed E-state index contributed by atoms with van der Waals surface area (Å²) in [6, 6.07) is 10.6. The third kappa shape index (κ3) is 5.62. The van der Waals surface area contributed by atoms with Crippen molar-refractivity contribution in [3.05, 3.63) is 45.3 Å². The van der Waals surface area contributed by atoms with Crippen LogP contribution in [0.4, 0.5) is 0 Å². The van der Waals surface area contributed by atoms with E-state index in [0.717, 1.165) is 9.79 Å². The maximum absolute atomic E-state index is 11.4. The monoisotopic (exact) mass is 526 g/mol. The van der Waals surface area contributed by atoms with E-state index in [1.54, 1.807) is 24.3 Å². The molecule has 0 spiro atoms. The maximum atomic E-state index is 11.4. The highest BCUT2D eigenvalue weighted by Crippen LogP contribution is 2.43. The van der Waals surface area contributed by atoms with Gasteiger partial charge in [-0.3, -0.25) is 9.59 Å². The van der Waals surface area contributed by atoms with Crippen LogP contribution in [0.15, 0.2) is 55.1 Å². The second-order valence-electron chi connectivity index (χ2n) is 4.45. The minimum Gasteiger partial charge on any atom is -0.424 e. The van der Waals surface area contributed by atoms with E-state index in [-0.39, 0.29) is 11.8 Å². The molecular weight excluding hydrogens is 519 g/mol. The van der Waals surface area contributed by atoms with Crippen LogP contribution in [0.1, 0.15) is 0 Å². The van der Waals surface area contributed by atoms with Crippen LogP contribution in [0.5, 0.6) is 11.5 Å². The quantitative estimate of drug-likeness (QED) is 0.275. The van der Waals surface area contributed by atoms with Crippen molar-refractivity contribution >= 4 is 78.8 Å². The van der Waals surface area contributed by atoms with Gasteiger partial charge >= 0.3 is 11.9 Å². The number of alkyl halides is 2. The molecule has 0 aromatic heterocycles. The van der Waals surface area contributed by atoms with E-state index in [9.17, 15) is 9.59 Å². The van der Waals surface area contributed by atoms with Crippen molar-refractivity contribution < 1.29 is 19.1 Å². The van der Waals surface area contributed by atoms with Crippen LogP contribution in [0.25, 0.3) is 0 Å². The molecule has 0 heterocycles. The number of hydrogen-bond donors (Lipinski definition) is 0. The molecule has 132 valence electrons. The summed E-state index contributed by atoms with van der Waals surface area (Å²) in [5.41, 5.74) is 0. The Labute approximate surface area is 175 Å². The second-order valence-corrected chi connectivity index (χ2v) is 7.66. The van der Waals surface area contributed by atoms with Gasteiger partial charge in [0.05, 0.1) is 8.95 Å². The number of hydrogen-bond acceptors (Lipinski definition) is 5. The van der Waals surface area contributed by atoms with E-state index in [1.165, 1.54) is 11.8 Å². The van der Waals surface area contributed by atoms with Crippen LogP contribution in [0, 0.1) is 0 Å². The molecule has 2 aromatic rings. The summed E-state index contributed by atoms with van der Waals surface area (Å²) in [6.45, 7) is 0. The molecule has 2 rings (SSSR count). The molecule has 0 fully saturated rings. The van der Waals surface area contributed by atoms with Crippen LogP contribution in [0.3, 0.4) is 0 Å². The Morgan fingerprint density at radius 1 is 0.840 bits per heavy atom. The van der Waals surface area contributed by atoms with Crippen molar-refractivity contribution in [1.82, 2.24) is 0 Å². The molecule has 0 unspecified atom stereocenters. The summed E-state index contributed by atoms with van der Waals surface area (Å²) in [5, 5.41) is 0. The molecule has 25 heavy (non-hydrogen) atoms. The SMILES string of the molecule is O=C(CCl)Oc1cccc(Sc2cccc(OC(=O)CCl)c2Br)c1Br. The van der Waals surface area contributed by atoms with Crippen molar-refractivity contribution in [2.75, 3.05) is 11.8 Å². The summed E-state index contributed by atoms with van der Waals surface area (Å²) in [7, 11) is 0. The van der Waals surface area contributed by atoms with Crippen molar-refractivity contribution in [1.29, 1.82) is 0 Å². The largest absolute Gasteiger partial charge is 0.424 e. The first-order valence-corrected chi connectivity index (χ1v) is 10.2. The molecule has 0 atom stereocenters. The highest BCUT2D eigenvalue weighted by atomic mass is 79.9. The molecule has 0 bridgehead atoms. The Balaban J connectivity index is 2.28. The van der Waals surface area contributed by atoms with Crippen molar-refractivity contribution in [3.63, 3.8) is 0 Å². The van der Waals surface area contributed by atoms with Gasteiger partial charge in [-0.05, 0) is 56.1 Å². The molecule has 0 saturated carbocycles. The van der Waals surface area contributed by atoms with Gasteiger partial charge in [-0.2, -0.15) is 0 Å². The van der Waals surface area contributed by atoms with E-state index in [2.05, 4.69) is 31.9 Å². The molecule has 4 nitrogen and oxygen atoms in total. The van der Waals surface area contributed by atoms with Crippen LogP contribution in [-0.2, 0) is 9.59 Å². The van der Waals surface area contributed by atoms with E-state index in [0.29, 0.717) is 20.4 Å². The van der Waals surface area contributed by atoms with E-state index >= 15 is 0 Å². The predicted octanol–water partition coefficient (Wildman–Crippen LogP) is 5.65. The first-order chi connectivity index (χ1) is 12.0. The third-order valence-corrected chi connectivity index (χ3v) is 6.46. The van der Waals surface area contributed by atoms with E-state index in [1.807, 2.05) is 12.1 Å². The molecule has 0 aliphatic heterocycles. The summed E-state index contributed by atoms with van der Waals surface area (Å²) >= 11 is 19.2. The van der Waals surface area contributed by atoms with Gasteiger partial charge in [0.25, 0.3) is 0 Å². The van der Waals surface area contributed by atoms with Gasteiger partial charge in [0.2, 0.25) is 0 Å². The van der Waals surface area contributed by atoms with Gasteiger partial charge < -0.3 is 9.47 Å². The van der Waals surface area contributed by atoms with Gasteiger partial charge in [0, 0.05) is 9.79 Å². The number of carbonyl (C=O) groups is 2. The normalized spacial score (nSPS) is 10.4. The second kappa shape index (κ2) is 9.83. The Morgan fingerprint density at radius 2 is 1.24 bits per heavy atom. The number of halogens is 4. The molecular formula is C16H10Br2Cl2O4S. The zero-order valence-electron chi connectivity index (χ0n) is 12.4. The van der Waals surface area contributed by atoms with Crippen LogP contribution >= 0.6 is 66.8 Å². The van der Waals surface area contributed by atoms with Gasteiger partial charge in [-0.1, -0.05) is 23.9 Å². The van der Waals surface area contributed by atoms with Crippen LogP contribution < -0.4 is 9.47 Å². The van der Waals surface area contributed by atoms with Crippen molar-refractivity contribution in [2.45, 2.75) is 9.79 Å². The zero-order valence-corrected chi connectivity index (χ0v) is 17.9. The Hall–Kier alpha value is -0.730. The standard InChI is InChI=1S/C16H10Br2Cl2O4S/c17-15-9(23-13(21)7-19)3-1-5-11(15)25-12-6-2-4-10(16(12)18)24-14(22)8-20/h1-6H,7-8H2. The number of rotatable bonds is 6. The minimum absolute atomic E-state index is 0.233. The summed E-state index contributed by atoms with van der Waals surface area (Å²) < 4.78 is 11.6. The first kappa shape index (κ1) is 20.6. The van der Waals surface area contributed by atoms with Gasteiger partial charge in [0.1, 0.15) is 23.3 Å². The number of esters is 2. The number of benzene rings is 2. The van der Waals surface area contributed by atoms with Crippen molar-refractivity contribution in [3.8, 4) is 11.5 Å². The van der Waals surface area contributed by atoms with Crippen LogP contribution in [0.2, 0.25) is 0 Å². The molecule has 0 aliphatic rings. The van der Waals surface area contributed by atoms with Crippen molar-refractivity contribution in [2.24, 2.45) is 0 Å².